The molecule has 0 fully saturated rings. The minimum atomic E-state index is -5.08. The quantitative estimate of drug-likeness (QED) is 0.233. The molecule has 234 valence electrons. The molecule has 44 heavy (non-hydrogen) atoms. The average molecular weight is 657 g/mol. The Labute approximate surface area is 259 Å². The largest absolute Gasteiger partial charge is 0.490 e. The van der Waals surface area contributed by atoms with E-state index in [0.29, 0.717) is 29.9 Å². The highest BCUT2D eigenvalue weighted by atomic mass is 35.5. The summed E-state index contributed by atoms with van der Waals surface area (Å²) in [6.07, 6.45) is -5.37. The molecule has 0 saturated heterocycles. The minimum Gasteiger partial charge on any atom is -0.475 e. The fourth-order valence-electron chi connectivity index (χ4n) is 3.42. The Hall–Kier alpha value is -4.38. The smallest absolute Gasteiger partial charge is 0.475 e. The Morgan fingerprint density at radius 2 is 1.73 bits per heavy atom. The molecule has 0 bridgehead atoms. The van der Waals surface area contributed by atoms with Crippen molar-refractivity contribution in [3.63, 3.8) is 0 Å². The number of rotatable bonds is 9. The molecule has 15 heteroatoms. The van der Waals surface area contributed by atoms with Gasteiger partial charge in [0.15, 0.2) is 11.6 Å². The van der Waals surface area contributed by atoms with Crippen molar-refractivity contribution in [1.29, 1.82) is 5.26 Å². The van der Waals surface area contributed by atoms with E-state index < -0.39 is 23.9 Å². The fraction of sp³-hybridized carbons (Fsp3) is 0.241. The lowest BCUT2D eigenvalue weighted by atomic mass is 10.1. The van der Waals surface area contributed by atoms with Crippen LogP contribution in [-0.4, -0.2) is 61.2 Å². The third-order valence-electron chi connectivity index (χ3n) is 5.55. The average Bonchev–Trinajstić information content (AvgIpc) is 2.93. The van der Waals surface area contributed by atoms with Crippen molar-refractivity contribution in [3.05, 3.63) is 86.6 Å². The number of carbonyl (C=O) groups is 3. The van der Waals surface area contributed by atoms with Crippen LogP contribution >= 0.6 is 23.2 Å². The van der Waals surface area contributed by atoms with Crippen LogP contribution in [-0.2, 0) is 16.0 Å². The van der Waals surface area contributed by atoms with Crippen LogP contribution in [0.2, 0.25) is 10.0 Å². The summed E-state index contributed by atoms with van der Waals surface area (Å²) < 4.78 is 52.6. The van der Waals surface area contributed by atoms with Gasteiger partial charge in [-0.15, -0.1) is 0 Å². The van der Waals surface area contributed by atoms with Crippen LogP contribution in [0.15, 0.2) is 48.5 Å². The predicted octanol–water partition coefficient (Wildman–Crippen LogP) is 6.21. The lowest BCUT2D eigenvalue weighted by molar-refractivity contribution is -0.192. The van der Waals surface area contributed by atoms with Gasteiger partial charge in [0, 0.05) is 34.9 Å². The number of benzene rings is 3. The van der Waals surface area contributed by atoms with E-state index in [-0.39, 0.29) is 45.0 Å². The van der Waals surface area contributed by atoms with Crippen molar-refractivity contribution in [1.82, 2.24) is 10.2 Å². The molecule has 0 aromatic heterocycles. The van der Waals surface area contributed by atoms with Gasteiger partial charge in [0.05, 0.1) is 23.1 Å². The molecule has 0 aliphatic heterocycles. The van der Waals surface area contributed by atoms with Gasteiger partial charge in [-0.25, -0.2) is 9.18 Å². The highest BCUT2D eigenvalue weighted by Gasteiger charge is 2.38. The van der Waals surface area contributed by atoms with E-state index in [4.69, 9.17) is 43.1 Å². The first-order valence-electron chi connectivity index (χ1n) is 12.5. The minimum absolute atomic E-state index is 0.00423. The van der Waals surface area contributed by atoms with Crippen LogP contribution in [0, 0.1) is 24.1 Å². The van der Waals surface area contributed by atoms with Crippen molar-refractivity contribution in [2.75, 3.05) is 32.5 Å². The Kier molecular flexibility index (Phi) is 12.9. The van der Waals surface area contributed by atoms with Crippen LogP contribution in [0.5, 0.6) is 11.5 Å². The Morgan fingerprint density at radius 1 is 1.07 bits per heavy atom. The van der Waals surface area contributed by atoms with Gasteiger partial charge in [0.1, 0.15) is 5.75 Å². The van der Waals surface area contributed by atoms with Gasteiger partial charge in [0.25, 0.3) is 5.91 Å². The summed E-state index contributed by atoms with van der Waals surface area (Å²) in [6.45, 7) is 2.99. The van der Waals surface area contributed by atoms with Crippen LogP contribution < -0.4 is 15.4 Å². The van der Waals surface area contributed by atoms with Crippen molar-refractivity contribution in [2.24, 2.45) is 0 Å². The van der Waals surface area contributed by atoms with E-state index in [1.54, 1.807) is 25.1 Å². The van der Waals surface area contributed by atoms with Crippen molar-refractivity contribution >= 4 is 46.7 Å². The Bertz CT molecular complexity index is 1580. The summed E-state index contributed by atoms with van der Waals surface area (Å²) in [4.78, 5) is 35.9. The third kappa shape index (κ3) is 11.0. The molecule has 0 aliphatic rings. The molecule has 3 N–H and O–H groups in total. The monoisotopic (exact) mass is 656 g/mol. The van der Waals surface area contributed by atoms with Gasteiger partial charge in [-0.2, -0.15) is 18.4 Å². The van der Waals surface area contributed by atoms with Gasteiger partial charge in [-0.05, 0) is 69.0 Å². The molecular formula is C29H26Cl2F4N4O5. The number of likely N-dealkylation sites (N-methyl/N-ethyl adjacent to an activating group) is 1. The number of nitriles is 1. The second kappa shape index (κ2) is 15.9. The number of carbonyl (C=O) groups excluding carboxylic acids is 2. The number of ether oxygens (including phenoxy) is 1. The van der Waals surface area contributed by atoms with Crippen molar-refractivity contribution in [2.45, 2.75) is 19.5 Å². The summed E-state index contributed by atoms with van der Waals surface area (Å²) in [6, 6.07) is 14.0. The van der Waals surface area contributed by atoms with Crippen LogP contribution in [0.4, 0.5) is 23.2 Å². The second-order valence-corrected chi connectivity index (χ2v) is 10.2. The first kappa shape index (κ1) is 35.8. The predicted molar refractivity (Wildman–Crippen MR) is 156 cm³/mol. The van der Waals surface area contributed by atoms with Crippen LogP contribution in [0.3, 0.4) is 0 Å². The van der Waals surface area contributed by atoms with Gasteiger partial charge in [0.2, 0.25) is 5.91 Å². The first-order valence-corrected chi connectivity index (χ1v) is 13.3. The third-order valence-corrected chi connectivity index (χ3v) is 6.07. The number of hydrogen-bond donors (Lipinski definition) is 3. The number of nitrogens with one attached hydrogen (secondary N) is 2. The highest BCUT2D eigenvalue weighted by Crippen LogP contribution is 2.35. The van der Waals surface area contributed by atoms with E-state index in [1.165, 1.54) is 30.3 Å². The number of anilines is 1. The van der Waals surface area contributed by atoms with E-state index in [2.05, 4.69) is 10.6 Å². The fourth-order valence-corrected chi connectivity index (χ4v) is 3.82. The summed E-state index contributed by atoms with van der Waals surface area (Å²) >= 11 is 12.1. The lowest BCUT2D eigenvalue weighted by Gasteiger charge is -2.14. The molecule has 9 nitrogen and oxygen atoms in total. The molecule has 3 aromatic rings. The Balaban J connectivity index is 0.000000860. The number of amides is 2. The molecule has 0 heterocycles. The zero-order valence-electron chi connectivity index (χ0n) is 23.5. The molecule has 3 aromatic carbocycles. The van der Waals surface area contributed by atoms with E-state index >= 15 is 4.39 Å². The summed E-state index contributed by atoms with van der Waals surface area (Å²) in [5, 5.41) is 22.1. The second-order valence-electron chi connectivity index (χ2n) is 9.36. The molecule has 3 rings (SSSR count). The van der Waals surface area contributed by atoms with Gasteiger partial charge < -0.3 is 25.4 Å². The molecule has 0 unspecified atom stereocenters. The topological polar surface area (TPSA) is 132 Å². The lowest BCUT2D eigenvalue weighted by Crippen LogP contribution is -2.31. The molecule has 0 saturated carbocycles. The standard InChI is InChI=1S/C27H25Cl2FN4O3.C2HF3O2/c1-16-10-19(27(36)32-8-9-34(2)3)5-7-23(16)33-24(35)13-18-4-6-22(29)26(25(18)30)37-21-12-17(15-31)11-20(28)14-21;3-2(4,5)1(6)7/h4-7,10-12,14H,8-9,13H2,1-3H3,(H,32,36)(H,33,35);(H,6,7). The number of nitrogens with zero attached hydrogens (tertiary/aromatic N) is 2. The molecule has 0 atom stereocenters. The van der Waals surface area contributed by atoms with Crippen molar-refractivity contribution < 1.29 is 41.8 Å². The maximum absolute atomic E-state index is 15.2. The van der Waals surface area contributed by atoms with Gasteiger partial charge in [-0.1, -0.05) is 29.3 Å². The molecule has 0 spiro atoms. The first-order chi connectivity index (χ1) is 20.5. The number of alkyl halides is 3. The zero-order valence-corrected chi connectivity index (χ0v) is 25.0. The molecular weight excluding hydrogens is 631 g/mol. The summed E-state index contributed by atoms with van der Waals surface area (Å²) in [5.41, 5.74) is 1.96. The summed E-state index contributed by atoms with van der Waals surface area (Å²) in [7, 11) is 3.84. The maximum Gasteiger partial charge on any atom is 0.490 e. The van der Waals surface area contributed by atoms with Crippen LogP contribution in [0.1, 0.15) is 27.0 Å². The number of hydrogen-bond acceptors (Lipinski definition) is 6. The van der Waals surface area contributed by atoms with Crippen molar-refractivity contribution in [3.8, 4) is 17.6 Å². The number of halogens is 6. The van der Waals surface area contributed by atoms with Gasteiger partial charge >= 0.3 is 12.1 Å². The number of carboxylic acid groups (broad SMARTS) is 1. The van der Waals surface area contributed by atoms with E-state index in [9.17, 15) is 22.8 Å². The number of aliphatic carboxylic acids is 1. The normalized spacial score (nSPS) is 10.8. The molecule has 0 aliphatic carbocycles. The van der Waals surface area contributed by atoms with Gasteiger partial charge in [-0.3, -0.25) is 9.59 Å². The highest BCUT2D eigenvalue weighted by molar-refractivity contribution is 6.32. The van der Waals surface area contributed by atoms with E-state index in [0.717, 1.165) is 0 Å². The van der Waals surface area contributed by atoms with Crippen LogP contribution in [0.25, 0.3) is 0 Å². The molecule has 0 radical (unpaired) electrons. The Morgan fingerprint density at radius 3 is 2.30 bits per heavy atom. The maximum atomic E-state index is 15.2. The number of carboxylic acids is 1. The molecule has 2 amide bonds. The summed E-state index contributed by atoms with van der Waals surface area (Å²) in [5.74, 6) is -4.38. The zero-order chi connectivity index (χ0) is 33.2. The number of aryl methyl sites for hydroxylation is 1. The SMILES string of the molecule is Cc1cc(C(=O)NCCN(C)C)ccc1NC(=O)Cc1ccc(Cl)c(Oc2cc(Cl)cc(C#N)c2)c1F.O=C(O)C(F)(F)F. The van der Waals surface area contributed by atoms with E-state index in [1.807, 2.05) is 25.1 Å².